The van der Waals surface area contributed by atoms with Gasteiger partial charge >= 0.3 is 0 Å². The normalized spacial score (nSPS) is 14.2. The number of aromatic nitrogens is 3. The van der Waals surface area contributed by atoms with Gasteiger partial charge in [-0.15, -0.1) is 0 Å². The number of hydrogen-bond donors (Lipinski definition) is 1. The number of rotatable bonds is 6. The molecule has 10 heteroatoms. The van der Waals surface area contributed by atoms with Crippen molar-refractivity contribution in [3.05, 3.63) is 35.7 Å². The molecule has 3 rings (SSSR count). The van der Waals surface area contributed by atoms with Crippen LogP contribution in [0.2, 0.25) is 0 Å². The number of nitrogens with one attached hydrogen (secondary N) is 1. The minimum atomic E-state index is -3.74. The molecule has 1 aromatic carbocycles. The lowest BCUT2D eigenvalue weighted by Crippen LogP contribution is -2.27. The second-order valence-electron chi connectivity index (χ2n) is 6.40. The van der Waals surface area contributed by atoms with E-state index in [0.29, 0.717) is 23.3 Å². The van der Waals surface area contributed by atoms with E-state index in [-0.39, 0.29) is 11.4 Å². The largest absolute Gasteiger partial charge is 0.347 e. The maximum atomic E-state index is 12.5. The summed E-state index contributed by atoms with van der Waals surface area (Å²) < 4.78 is 27.5. The topological polar surface area (TPSA) is 115 Å². The van der Waals surface area contributed by atoms with Crippen LogP contribution in [0.15, 0.2) is 29.2 Å². The maximum Gasteiger partial charge on any atom is 0.240 e. The number of nitrogens with zero attached hydrogens (tertiary/aromatic N) is 6. The Bertz CT molecular complexity index is 946. The van der Waals surface area contributed by atoms with Gasteiger partial charge in [0.25, 0.3) is 0 Å². The van der Waals surface area contributed by atoms with Crippen molar-refractivity contribution < 1.29 is 8.42 Å². The molecule has 1 N–H and O–H groups in total. The zero-order chi connectivity index (χ0) is 19.4. The van der Waals surface area contributed by atoms with Crippen molar-refractivity contribution in [3.63, 3.8) is 0 Å². The summed E-state index contributed by atoms with van der Waals surface area (Å²) in [6.45, 7) is 1.72. The molecule has 0 radical (unpaired) electrons. The lowest BCUT2D eigenvalue weighted by atomic mass is 10.2. The fourth-order valence-electron chi connectivity index (χ4n) is 2.68. The number of hydrogen-bond acceptors (Lipinski definition) is 8. The van der Waals surface area contributed by atoms with E-state index < -0.39 is 10.0 Å². The third-order valence-electron chi connectivity index (χ3n) is 4.16. The van der Waals surface area contributed by atoms with Gasteiger partial charge in [-0.25, -0.2) is 13.1 Å². The molecule has 1 aliphatic rings. The Morgan fingerprint density at radius 3 is 2.41 bits per heavy atom. The van der Waals surface area contributed by atoms with E-state index in [4.69, 9.17) is 5.26 Å². The molecule has 1 fully saturated rings. The molecule has 0 atom stereocenters. The van der Waals surface area contributed by atoms with Crippen molar-refractivity contribution in [1.82, 2.24) is 19.7 Å². The highest BCUT2D eigenvalue weighted by Crippen LogP contribution is 2.18. The average Bonchev–Trinajstić information content (AvgIpc) is 3.21. The van der Waals surface area contributed by atoms with E-state index in [1.807, 2.05) is 20.2 Å². The highest BCUT2D eigenvalue weighted by Gasteiger charge is 2.19. The van der Waals surface area contributed by atoms with Gasteiger partial charge in [-0.3, -0.25) is 0 Å². The highest BCUT2D eigenvalue weighted by atomic mass is 32.2. The van der Waals surface area contributed by atoms with Gasteiger partial charge in [0.15, 0.2) is 5.82 Å². The van der Waals surface area contributed by atoms with Crippen molar-refractivity contribution in [3.8, 4) is 6.07 Å². The SMILES string of the molecule is CN(C)c1nc(CNS(=O)(=O)c2ccc(C#N)cc2)nc(N2CCCC2)n1. The molecule has 0 amide bonds. The summed E-state index contributed by atoms with van der Waals surface area (Å²) in [5.41, 5.74) is 0.400. The Hall–Kier alpha value is -2.77. The molecule has 0 saturated carbocycles. The molecule has 9 nitrogen and oxygen atoms in total. The van der Waals surface area contributed by atoms with Crippen LogP contribution < -0.4 is 14.5 Å². The summed E-state index contributed by atoms with van der Waals surface area (Å²) >= 11 is 0. The Morgan fingerprint density at radius 1 is 1.15 bits per heavy atom. The number of benzene rings is 1. The quantitative estimate of drug-likeness (QED) is 0.777. The second kappa shape index (κ2) is 7.85. The predicted octanol–water partition coefficient (Wildman–Crippen LogP) is 0.888. The van der Waals surface area contributed by atoms with E-state index in [9.17, 15) is 8.42 Å². The summed E-state index contributed by atoms with van der Waals surface area (Å²) in [5, 5.41) is 8.82. The van der Waals surface area contributed by atoms with Crippen LogP contribution in [0.1, 0.15) is 24.2 Å². The van der Waals surface area contributed by atoms with Crippen LogP contribution in [0, 0.1) is 11.3 Å². The van der Waals surface area contributed by atoms with Crippen LogP contribution in [-0.2, 0) is 16.6 Å². The first-order valence-corrected chi connectivity index (χ1v) is 10.0. The first-order chi connectivity index (χ1) is 12.9. The molecular weight excluding hydrogens is 366 g/mol. The van der Waals surface area contributed by atoms with E-state index in [0.717, 1.165) is 25.9 Å². The van der Waals surface area contributed by atoms with Crippen LogP contribution in [0.5, 0.6) is 0 Å². The van der Waals surface area contributed by atoms with Gasteiger partial charge in [0.1, 0.15) is 0 Å². The standard InChI is InChI=1S/C17H21N7O2S/c1-23(2)16-20-15(21-17(22-16)24-9-3-4-10-24)12-19-27(25,26)14-7-5-13(11-18)6-8-14/h5-8,19H,3-4,9-10,12H2,1-2H3. The zero-order valence-corrected chi connectivity index (χ0v) is 16.1. The number of anilines is 2. The maximum absolute atomic E-state index is 12.5. The molecule has 0 aliphatic carbocycles. The third-order valence-corrected chi connectivity index (χ3v) is 5.58. The van der Waals surface area contributed by atoms with Crippen LogP contribution in [-0.4, -0.2) is 50.6 Å². The van der Waals surface area contributed by atoms with Gasteiger partial charge in [-0.2, -0.15) is 20.2 Å². The van der Waals surface area contributed by atoms with Gasteiger partial charge in [0.2, 0.25) is 21.9 Å². The summed E-state index contributed by atoms with van der Waals surface area (Å²) in [7, 11) is -0.0811. The van der Waals surface area contributed by atoms with Gasteiger partial charge in [-0.05, 0) is 37.1 Å². The summed E-state index contributed by atoms with van der Waals surface area (Å²) in [5.74, 6) is 1.41. The molecular formula is C17H21N7O2S. The van der Waals surface area contributed by atoms with Crippen LogP contribution in [0.25, 0.3) is 0 Å². The molecule has 0 spiro atoms. The zero-order valence-electron chi connectivity index (χ0n) is 15.3. The molecule has 1 aromatic heterocycles. The van der Waals surface area contributed by atoms with Gasteiger partial charge < -0.3 is 9.80 Å². The van der Waals surface area contributed by atoms with Crippen molar-refractivity contribution in [2.75, 3.05) is 37.0 Å². The molecule has 27 heavy (non-hydrogen) atoms. The Balaban J connectivity index is 1.80. The molecule has 0 bridgehead atoms. The molecule has 2 heterocycles. The first kappa shape index (κ1) is 19.0. The van der Waals surface area contributed by atoms with E-state index in [1.54, 1.807) is 4.90 Å². The van der Waals surface area contributed by atoms with Crippen molar-refractivity contribution in [2.45, 2.75) is 24.3 Å². The van der Waals surface area contributed by atoms with Crippen LogP contribution >= 0.6 is 0 Å². The van der Waals surface area contributed by atoms with Crippen molar-refractivity contribution >= 4 is 21.9 Å². The molecule has 142 valence electrons. The minimum Gasteiger partial charge on any atom is -0.347 e. The van der Waals surface area contributed by atoms with Crippen LogP contribution in [0.3, 0.4) is 0 Å². The lowest BCUT2D eigenvalue weighted by molar-refractivity contribution is 0.579. The average molecular weight is 387 g/mol. The fourth-order valence-corrected chi connectivity index (χ4v) is 3.66. The lowest BCUT2D eigenvalue weighted by Gasteiger charge is -2.19. The van der Waals surface area contributed by atoms with Gasteiger partial charge in [0, 0.05) is 27.2 Å². The van der Waals surface area contributed by atoms with E-state index >= 15 is 0 Å². The Labute approximate surface area is 158 Å². The predicted molar refractivity (Wildman–Crippen MR) is 101 cm³/mol. The Morgan fingerprint density at radius 2 is 1.81 bits per heavy atom. The smallest absolute Gasteiger partial charge is 0.240 e. The minimum absolute atomic E-state index is 0.0491. The molecule has 0 unspecified atom stereocenters. The number of nitriles is 1. The second-order valence-corrected chi connectivity index (χ2v) is 8.17. The summed E-state index contributed by atoms with van der Waals surface area (Å²) in [4.78, 5) is 17.1. The molecule has 1 aliphatic heterocycles. The van der Waals surface area contributed by atoms with Gasteiger partial charge in [0.05, 0.1) is 23.1 Å². The summed E-state index contributed by atoms with van der Waals surface area (Å²) in [6.07, 6.45) is 2.17. The summed E-state index contributed by atoms with van der Waals surface area (Å²) in [6, 6.07) is 7.69. The van der Waals surface area contributed by atoms with Crippen molar-refractivity contribution in [1.29, 1.82) is 5.26 Å². The fraction of sp³-hybridized carbons (Fsp3) is 0.412. The third kappa shape index (κ3) is 4.50. The van der Waals surface area contributed by atoms with E-state index in [1.165, 1.54) is 24.3 Å². The monoisotopic (exact) mass is 387 g/mol. The van der Waals surface area contributed by atoms with Crippen LogP contribution in [0.4, 0.5) is 11.9 Å². The molecule has 1 saturated heterocycles. The van der Waals surface area contributed by atoms with Crippen molar-refractivity contribution in [2.24, 2.45) is 0 Å². The van der Waals surface area contributed by atoms with E-state index in [2.05, 4.69) is 24.6 Å². The highest BCUT2D eigenvalue weighted by molar-refractivity contribution is 7.89. The first-order valence-electron chi connectivity index (χ1n) is 8.56. The Kier molecular flexibility index (Phi) is 5.53. The number of sulfonamides is 1. The molecule has 2 aromatic rings. The van der Waals surface area contributed by atoms with Gasteiger partial charge in [-0.1, -0.05) is 0 Å².